The lowest BCUT2D eigenvalue weighted by atomic mass is 10.2. The molecule has 0 aliphatic carbocycles. The summed E-state index contributed by atoms with van der Waals surface area (Å²) in [5.41, 5.74) is 0.459. The van der Waals surface area contributed by atoms with E-state index in [4.69, 9.17) is 16.3 Å². The fraction of sp³-hybridized carbons (Fsp3) is 0.125. The second kappa shape index (κ2) is 8.12. The third kappa shape index (κ3) is 4.24. The summed E-state index contributed by atoms with van der Waals surface area (Å²) < 4.78 is 23.4. The molecule has 0 fully saturated rings. The number of ether oxygens (including phenoxy) is 2. The van der Waals surface area contributed by atoms with Crippen LogP contribution in [0, 0.1) is 5.82 Å². The minimum Gasteiger partial charge on any atom is -0.465 e. The summed E-state index contributed by atoms with van der Waals surface area (Å²) >= 11 is 9.03. The smallest absolute Gasteiger partial charge is 0.412 e. The molecule has 0 atom stereocenters. The molecule has 2 aromatic rings. The Morgan fingerprint density at radius 2 is 1.96 bits per heavy atom. The van der Waals surface area contributed by atoms with Crippen LogP contribution in [0.25, 0.3) is 0 Å². The predicted molar refractivity (Wildman–Crippen MR) is 90.7 cm³/mol. The van der Waals surface area contributed by atoms with Crippen molar-refractivity contribution in [1.82, 2.24) is 0 Å². The van der Waals surface area contributed by atoms with Crippen molar-refractivity contribution >= 4 is 45.3 Å². The van der Waals surface area contributed by atoms with Gasteiger partial charge in [0, 0.05) is 0 Å². The summed E-state index contributed by atoms with van der Waals surface area (Å²) in [6.07, 6.45) is -0.845. The van der Waals surface area contributed by atoms with Crippen LogP contribution < -0.4 is 5.32 Å². The van der Waals surface area contributed by atoms with Crippen LogP contribution in [-0.2, 0) is 16.1 Å². The first-order valence-corrected chi connectivity index (χ1v) is 7.84. The number of benzene rings is 2. The Hall–Kier alpha value is -2.12. The van der Waals surface area contributed by atoms with Gasteiger partial charge in [-0.1, -0.05) is 41.9 Å². The first-order valence-electron chi connectivity index (χ1n) is 6.67. The molecule has 0 aliphatic heterocycles. The number of amides is 1. The molecule has 0 aliphatic rings. The zero-order valence-electron chi connectivity index (χ0n) is 12.4. The van der Waals surface area contributed by atoms with Gasteiger partial charge in [-0.05, 0) is 27.6 Å². The van der Waals surface area contributed by atoms with Crippen molar-refractivity contribution in [2.75, 3.05) is 12.4 Å². The summed E-state index contributed by atoms with van der Waals surface area (Å²) in [4.78, 5) is 23.5. The molecule has 0 bridgehead atoms. The minimum absolute atomic E-state index is 0.0289. The van der Waals surface area contributed by atoms with E-state index in [1.807, 2.05) is 6.07 Å². The molecule has 0 saturated heterocycles. The molecule has 0 heterocycles. The van der Waals surface area contributed by atoms with Gasteiger partial charge in [0.05, 0.1) is 27.9 Å². The highest BCUT2D eigenvalue weighted by atomic mass is 79.9. The number of carbonyl (C=O) groups is 2. The number of anilines is 1. The Balaban J connectivity index is 2.17. The molecule has 0 unspecified atom stereocenters. The molecule has 0 aromatic heterocycles. The van der Waals surface area contributed by atoms with Crippen LogP contribution in [0.15, 0.2) is 40.9 Å². The van der Waals surface area contributed by atoms with Gasteiger partial charge in [0.1, 0.15) is 12.4 Å². The predicted octanol–water partition coefficient (Wildman–Crippen LogP) is 4.78. The molecule has 0 radical (unpaired) electrons. The van der Waals surface area contributed by atoms with Crippen molar-refractivity contribution in [3.63, 3.8) is 0 Å². The molecule has 2 rings (SSSR count). The monoisotopic (exact) mass is 415 g/mol. The van der Waals surface area contributed by atoms with E-state index in [0.717, 1.165) is 18.7 Å². The number of hydrogen-bond acceptors (Lipinski definition) is 4. The fourth-order valence-electron chi connectivity index (χ4n) is 1.83. The lowest BCUT2D eigenvalue weighted by Crippen LogP contribution is -2.16. The van der Waals surface area contributed by atoms with E-state index in [1.165, 1.54) is 0 Å². The Bertz CT molecular complexity index is 770. The highest BCUT2D eigenvalue weighted by molar-refractivity contribution is 9.10. The topological polar surface area (TPSA) is 64.6 Å². The number of hydrogen-bond donors (Lipinski definition) is 1. The first kappa shape index (κ1) is 18.2. The number of halogens is 3. The maximum absolute atomic E-state index is 13.9. The summed E-state index contributed by atoms with van der Waals surface area (Å²) in [5, 5.41) is 2.16. The van der Waals surface area contributed by atoms with Gasteiger partial charge in [-0.3, -0.25) is 5.32 Å². The van der Waals surface area contributed by atoms with Crippen molar-refractivity contribution in [3.05, 3.63) is 62.8 Å². The van der Waals surface area contributed by atoms with Crippen LogP contribution in [0.4, 0.5) is 14.9 Å². The maximum Gasteiger partial charge on any atom is 0.412 e. The van der Waals surface area contributed by atoms with E-state index in [1.54, 1.807) is 24.3 Å². The molecule has 1 N–H and O–H groups in total. The van der Waals surface area contributed by atoms with E-state index in [-0.39, 0.29) is 27.4 Å². The normalized spacial score (nSPS) is 10.2. The zero-order chi connectivity index (χ0) is 17.7. The molecule has 8 heteroatoms. The van der Waals surface area contributed by atoms with Crippen molar-refractivity contribution in [1.29, 1.82) is 0 Å². The maximum atomic E-state index is 13.9. The highest BCUT2D eigenvalue weighted by Crippen LogP contribution is 2.36. The van der Waals surface area contributed by atoms with E-state index >= 15 is 0 Å². The molecule has 0 spiro atoms. The van der Waals surface area contributed by atoms with Crippen LogP contribution in [0.5, 0.6) is 0 Å². The third-order valence-electron chi connectivity index (χ3n) is 3.00. The first-order chi connectivity index (χ1) is 11.4. The van der Waals surface area contributed by atoms with E-state index in [9.17, 15) is 14.0 Å². The molecular weight excluding hydrogens is 405 g/mol. The molecule has 1 amide bonds. The molecule has 126 valence electrons. The lowest BCUT2D eigenvalue weighted by molar-refractivity contribution is 0.0600. The molecule has 0 saturated carbocycles. The summed E-state index contributed by atoms with van der Waals surface area (Å²) in [5.74, 6) is -1.61. The van der Waals surface area contributed by atoms with Gasteiger partial charge < -0.3 is 9.47 Å². The second-order valence-electron chi connectivity index (χ2n) is 4.59. The van der Waals surface area contributed by atoms with E-state index < -0.39 is 17.9 Å². The lowest BCUT2D eigenvalue weighted by Gasteiger charge is -2.13. The Morgan fingerprint density at radius 1 is 1.29 bits per heavy atom. The van der Waals surface area contributed by atoms with Gasteiger partial charge in [-0.15, -0.1) is 0 Å². The Labute approximate surface area is 150 Å². The van der Waals surface area contributed by atoms with Gasteiger partial charge in [0.25, 0.3) is 0 Å². The SMILES string of the molecule is COC(=O)c1cc(F)c(Br)c(NC(=O)OCc2ccccc2)c1Cl. The number of esters is 1. The van der Waals surface area contributed by atoms with Crippen molar-refractivity contribution in [3.8, 4) is 0 Å². The minimum atomic E-state index is -0.845. The third-order valence-corrected chi connectivity index (χ3v) is 4.17. The molecule has 2 aromatic carbocycles. The second-order valence-corrected chi connectivity index (χ2v) is 5.76. The number of nitrogens with one attached hydrogen (secondary N) is 1. The fourth-order valence-corrected chi connectivity index (χ4v) is 2.63. The standard InChI is InChI=1S/C16H12BrClFNO4/c1-23-15(21)10-7-11(19)12(17)14(13(10)18)20-16(22)24-8-9-5-3-2-4-6-9/h2-7H,8H2,1H3,(H,20,22). The van der Waals surface area contributed by atoms with Gasteiger partial charge in [0.15, 0.2) is 0 Å². The van der Waals surface area contributed by atoms with Crippen LogP contribution in [0.2, 0.25) is 5.02 Å². The Morgan fingerprint density at radius 3 is 2.58 bits per heavy atom. The quantitative estimate of drug-likeness (QED) is 0.576. The molecule has 24 heavy (non-hydrogen) atoms. The number of carbonyl (C=O) groups excluding carboxylic acids is 2. The van der Waals surface area contributed by atoms with Crippen LogP contribution >= 0.6 is 27.5 Å². The van der Waals surface area contributed by atoms with Crippen molar-refractivity contribution in [2.45, 2.75) is 6.61 Å². The van der Waals surface area contributed by atoms with Gasteiger partial charge in [-0.25, -0.2) is 14.0 Å². The molecule has 5 nitrogen and oxygen atoms in total. The van der Waals surface area contributed by atoms with Gasteiger partial charge in [-0.2, -0.15) is 0 Å². The van der Waals surface area contributed by atoms with Gasteiger partial charge >= 0.3 is 12.1 Å². The Kier molecular flexibility index (Phi) is 6.16. The van der Waals surface area contributed by atoms with E-state index in [0.29, 0.717) is 0 Å². The van der Waals surface area contributed by atoms with Crippen molar-refractivity contribution in [2.24, 2.45) is 0 Å². The highest BCUT2D eigenvalue weighted by Gasteiger charge is 2.22. The van der Waals surface area contributed by atoms with Crippen molar-refractivity contribution < 1.29 is 23.5 Å². The van der Waals surface area contributed by atoms with Crippen LogP contribution in [0.1, 0.15) is 15.9 Å². The van der Waals surface area contributed by atoms with Crippen LogP contribution in [-0.4, -0.2) is 19.2 Å². The zero-order valence-corrected chi connectivity index (χ0v) is 14.8. The largest absolute Gasteiger partial charge is 0.465 e. The summed E-state index contributed by atoms with van der Waals surface area (Å²) in [6.45, 7) is 0.0289. The summed E-state index contributed by atoms with van der Waals surface area (Å²) in [6, 6.07) is 9.93. The average molecular weight is 417 g/mol. The van der Waals surface area contributed by atoms with Crippen LogP contribution in [0.3, 0.4) is 0 Å². The average Bonchev–Trinajstić information content (AvgIpc) is 2.60. The number of methoxy groups -OCH3 is 1. The van der Waals surface area contributed by atoms with Gasteiger partial charge in [0.2, 0.25) is 0 Å². The summed E-state index contributed by atoms with van der Waals surface area (Å²) in [7, 11) is 1.14. The molecular formula is C16H12BrClFNO4. The van der Waals surface area contributed by atoms with E-state index in [2.05, 4.69) is 26.0 Å². The number of rotatable bonds is 4.